The highest BCUT2D eigenvalue weighted by atomic mass is 32.1. The highest BCUT2D eigenvalue weighted by Crippen LogP contribution is 2.35. The van der Waals surface area contributed by atoms with Crippen molar-refractivity contribution in [3.63, 3.8) is 0 Å². The Morgan fingerprint density at radius 1 is 1.26 bits per heavy atom. The van der Waals surface area contributed by atoms with Gasteiger partial charge in [0.15, 0.2) is 0 Å². The number of carbonyl (C=O) groups excluding carboxylic acids is 1. The van der Waals surface area contributed by atoms with Gasteiger partial charge in [0.25, 0.3) is 0 Å². The zero-order valence-electron chi connectivity index (χ0n) is 14.9. The molecule has 1 aromatic carbocycles. The second kappa shape index (κ2) is 8.02. The van der Waals surface area contributed by atoms with Crippen LogP contribution in [0.15, 0.2) is 42.7 Å². The van der Waals surface area contributed by atoms with Gasteiger partial charge in [-0.25, -0.2) is 9.97 Å². The number of rotatable bonds is 6. The lowest BCUT2D eigenvalue weighted by Gasteiger charge is -2.30. The smallest absolute Gasteiger partial charge is 0.219 e. The molecule has 1 aliphatic heterocycles. The molecule has 1 amide bonds. The van der Waals surface area contributed by atoms with Gasteiger partial charge >= 0.3 is 0 Å². The molecule has 1 unspecified atom stereocenters. The molecule has 27 heavy (non-hydrogen) atoms. The van der Waals surface area contributed by atoms with Gasteiger partial charge < -0.3 is 15.8 Å². The molecule has 7 heteroatoms. The molecule has 140 valence electrons. The number of ether oxygens (including phenoxy) is 1. The third kappa shape index (κ3) is 4.09. The molecule has 1 saturated heterocycles. The van der Waals surface area contributed by atoms with Gasteiger partial charge in [0.2, 0.25) is 5.91 Å². The highest BCUT2D eigenvalue weighted by molar-refractivity contribution is 7.21. The zero-order chi connectivity index (χ0) is 18.6. The van der Waals surface area contributed by atoms with Crippen LogP contribution in [0.5, 0.6) is 0 Å². The van der Waals surface area contributed by atoms with Crippen LogP contribution in [0.25, 0.3) is 20.7 Å². The Hall–Kier alpha value is -2.51. The van der Waals surface area contributed by atoms with Crippen molar-refractivity contribution in [3.8, 4) is 10.4 Å². The first-order valence-corrected chi connectivity index (χ1v) is 9.95. The van der Waals surface area contributed by atoms with E-state index in [1.807, 2.05) is 18.2 Å². The van der Waals surface area contributed by atoms with E-state index in [1.54, 1.807) is 17.7 Å². The lowest BCUT2D eigenvalue weighted by molar-refractivity contribution is -0.118. The number of nitrogens with two attached hydrogens (primary N) is 1. The summed E-state index contributed by atoms with van der Waals surface area (Å²) >= 11 is 1.64. The first-order chi connectivity index (χ1) is 13.2. The van der Waals surface area contributed by atoms with Gasteiger partial charge in [-0.15, -0.1) is 11.3 Å². The molecule has 0 aliphatic carbocycles. The van der Waals surface area contributed by atoms with Gasteiger partial charge in [-0.05, 0) is 30.4 Å². The Morgan fingerprint density at radius 2 is 2.04 bits per heavy atom. The van der Waals surface area contributed by atoms with Gasteiger partial charge in [0.05, 0.1) is 5.39 Å². The second-order valence-corrected chi connectivity index (χ2v) is 7.82. The number of aromatic nitrogens is 2. The molecule has 4 rings (SSSR count). The lowest BCUT2D eigenvalue weighted by Crippen LogP contribution is -2.37. The van der Waals surface area contributed by atoms with Crippen molar-refractivity contribution in [1.29, 1.82) is 0 Å². The maximum atomic E-state index is 11.6. The van der Waals surface area contributed by atoms with Gasteiger partial charge in [-0.1, -0.05) is 30.3 Å². The fraction of sp³-hybridized carbons (Fsp3) is 0.350. The Kier molecular flexibility index (Phi) is 5.31. The van der Waals surface area contributed by atoms with Crippen LogP contribution in [0.4, 0.5) is 5.82 Å². The first-order valence-electron chi connectivity index (χ1n) is 9.13. The molecule has 1 aliphatic rings. The summed E-state index contributed by atoms with van der Waals surface area (Å²) in [6.07, 6.45) is 3.68. The minimum atomic E-state index is -0.306. The summed E-state index contributed by atoms with van der Waals surface area (Å²) in [6.45, 7) is 1.44. The number of fused-ring (bicyclic) bond motifs is 1. The minimum Gasteiger partial charge on any atom is -0.381 e. The molecular formula is C20H22N4O2S. The third-order valence-corrected chi connectivity index (χ3v) is 6.06. The molecular weight excluding hydrogens is 360 g/mol. The Morgan fingerprint density at radius 3 is 2.78 bits per heavy atom. The number of primary amides is 1. The van der Waals surface area contributed by atoms with Crippen LogP contribution in [0.1, 0.15) is 19.3 Å². The summed E-state index contributed by atoms with van der Waals surface area (Å²) in [5.74, 6) is 0.791. The number of hydrogen-bond donors (Lipinski definition) is 2. The number of anilines is 1. The fourth-order valence-corrected chi connectivity index (χ4v) is 4.57. The summed E-state index contributed by atoms with van der Waals surface area (Å²) in [7, 11) is 0. The van der Waals surface area contributed by atoms with Crippen molar-refractivity contribution in [3.05, 3.63) is 42.7 Å². The van der Waals surface area contributed by atoms with E-state index in [2.05, 4.69) is 33.5 Å². The Balaban J connectivity index is 1.65. The zero-order valence-corrected chi connectivity index (χ0v) is 15.7. The van der Waals surface area contributed by atoms with Crippen LogP contribution in [-0.4, -0.2) is 35.1 Å². The average molecular weight is 382 g/mol. The minimum absolute atomic E-state index is 0.0513. The van der Waals surface area contributed by atoms with E-state index < -0.39 is 0 Å². The van der Waals surface area contributed by atoms with E-state index in [1.165, 1.54) is 0 Å². The molecule has 3 heterocycles. The number of carbonyl (C=O) groups is 1. The second-order valence-electron chi connectivity index (χ2n) is 6.79. The molecule has 3 N–H and O–H groups in total. The van der Waals surface area contributed by atoms with E-state index in [0.717, 1.165) is 52.5 Å². The van der Waals surface area contributed by atoms with Crippen molar-refractivity contribution in [2.45, 2.75) is 25.3 Å². The molecule has 0 bridgehead atoms. The summed E-state index contributed by atoms with van der Waals surface area (Å²) in [5.41, 5.74) is 6.66. The molecule has 6 nitrogen and oxygen atoms in total. The number of nitrogens with zero attached hydrogens (tertiary/aromatic N) is 2. The van der Waals surface area contributed by atoms with Gasteiger partial charge in [0, 0.05) is 30.6 Å². The van der Waals surface area contributed by atoms with Crippen LogP contribution in [0, 0.1) is 5.92 Å². The molecule has 0 saturated carbocycles. The van der Waals surface area contributed by atoms with Gasteiger partial charge in [-0.3, -0.25) is 4.79 Å². The summed E-state index contributed by atoms with van der Waals surface area (Å²) < 4.78 is 5.46. The molecule has 0 spiro atoms. The van der Waals surface area contributed by atoms with Crippen LogP contribution in [0.3, 0.4) is 0 Å². The van der Waals surface area contributed by atoms with E-state index in [4.69, 9.17) is 10.5 Å². The lowest BCUT2D eigenvalue weighted by atomic mass is 9.89. The number of thiophene rings is 1. The maximum absolute atomic E-state index is 11.6. The standard InChI is InChI=1S/C20H22N4O2S/c21-18(25)11-16(13-6-8-26-9-7-13)24-19-15-10-17(14-4-2-1-3-5-14)27-20(15)23-12-22-19/h1-5,10,12-13,16H,6-9,11H2,(H2,21,25)(H,22,23,24). The van der Waals surface area contributed by atoms with Crippen LogP contribution in [-0.2, 0) is 9.53 Å². The van der Waals surface area contributed by atoms with Gasteiger partial charge in [0.1, 0.15) is 17.0 Å². The largest absolute Gasteiger partial charge is 0.381 e. The topological polar surface area (TPSA) is 90.1 Å². The van der Waals surface area contributed by atoms with Crippen LogP contribution < -0.4 is 11.1 Å². The molecule has 1 fully saturated rings. The highest BCUT2D eigenvalue weighted by Gasteiger charge is 2.26. The predicted molar refractivity (Wildman–Crippen MR) is 108 cm³/mol. The number of benzene rings is 1. The quantitative estimate of drug-likeness (QED) is 0.681. The van der Waals surface area contributed by atoms with Crippen molar-refractivity contribution >= 4 is 33.3 Å². The summed E-state index contributed by atoms with van der Waals surface area (Å²) in [6, 6.07) is 12.3. The number of nitrogens with one attached hydrogen (secondary N) is 1. The van der Waals surface area contributed by atoms with E-state index >= 15 is 0 Å². The summed E-state index contributed by atoms with van der Waals surface area (Å²) in [4.78, 5) is 22.6. The van der Waals surface area contributed by atoms with Crippen LogP contribution >= 0.6 is 11.3 Å². The number of hydrogen-bond acceptors (Lipinski definition) is 6. The van der Waals surface area contributed by atoms with Crippen LogP contribution in [0.2, 0.25) is 0 Å². The SMILES string of the molecule is NC(=O)CC(Nc1ncnc2sc(-c3ccccc3)cc12)C1CCOCC1. The Bertz CT molecular complexity index is 922. The van der Waals surface area contributed by atoms with E-state index in [9.17, 15) is 4.79 Å². The molecule has 2 aromatic heterocycles. The molecule has 3 aromatic rings. The number of amides is 1. The average Bonchev–Trinajstić information content (AvgIpc) is 3.14. The first kappa shape index (κ1) is 17.9. The van der Waals surface area contributed by atoms with Crippen molar-refractivity contribution < 1.29 is 9.53 Å². The molecule has 0 radical (unpaired) electrons. The Labute approximate surface area is 161 Å². The third-order valence-electron chi connectivity index (χ3n) is 4.97. The predicted octanol–water partition coefficient (Wildman–Crippen LogP) is 3.44. The normalized spacial score (nSPS) is 16.3. The van der Waals surface area contributed by atoms with Crippen molar-refractivity contribution in [1.82, 2.24) is 9.97 Å². The molecule has 1 atom stereocenters. The van der Waals surface area contributed by atoms with Gasteiger partial charge in [-0.2, -0.15) is 0 Å². The fourth-order valence-electron chi connectivity index (χ4n) is 3.56. The summed E-state index contributed by atoms with van der Waals surface area (Å²) in [5, 5.41) is 4.46. The van der Waals surface area contributed by atoms with Crippen molar-refractivity contribution in [2.24, 2.45) is 11.7 Å². The van der Waals surface area contributed by atoms with E-state index in [0.29, 0.717) is 5.92 Å². The van der Waals surface area contributed by atoms with E-state index in [-0.39, 0.29) is 18.4 Å². The van der Waals surface area contributed by atoms with Crippen molar-refractivity contribution in [2.75, 3.05) is 18.5 Å². The monoisotopic (exact) mass is 382 g/mol. The maximum Gasteiger partial charge on any atom is 0.219 e.